The van der Waals surface area contributed by atoms with Gasteiger partial charge in [0.15, 0.2) is 0 Å². The number of carbonyl (C=O) groups is 1. The van der Waals surface area contributed by atoms with Crippen molar-refractivity contribution in [2.45, 2.75) is 44.6 Å². The highest BCUT2D eigenvalue weighted by Crippen LogP contribution is 2.40. The van der Waals surface area contributed by atoms with E-state index in [1.165, 1.54) is 19.3 Å². The van der Waals surface area contributed by atoms with Crippen LogP contribution in [0.2, 0.25) is 0 Å². The highest BCUT2D eigenvalue weighted by Gasteiger charge is 2.37. The molecule has 0 saturated heterocycles. The molecule has 4 N–H and O–H groups in total. The molecule has 1 amide bonds. The van der Waals surface area contributed by atoms with Gasteiger partial charge in [0.1, 0.15) is 0 Å². The lowest BCUT2D eigenvalue weighted by atomic mass is 9.82. The molecule has 0 heterocycles. The van der Waals surface area contributed by atoms with Gasteiger partial charge < -0.3 is 11.5 Å². The maximum atomic E-state index is 11.2. The molecule has 2 aliphatic carbocycles. The summed E-state index contributed by atoms with van der Waals surface area (Å²) < 4.78 is 0. The Balaban J connectivity index is 2.05. The van der Waals surface area contributed by atoms with Crippen LogP contribution >= 0.6 is 0 Å². The first-order valence-electron chi connectivity index (χ1n) is 5.73. The Morgan fingerprint density at radius 3 is 2.50 bits per heavy atom. The largest absolute Gasteiger partial charge is 0.369 e. The van der Waals surface area contributed by atoms with Crippen molar-refractivity contribution >= 4 is 5.91 Å². The molecular formula is C11H20N2O. The Labute approximate surface area is 85.2 Å². The second-order valence-electron chi connectivity index (χ2n) is 4.94. The summed E-state index contributed by atoms with van der Waals surface area (Å²) in [6.45, 7) is 0. The number of hydrogen-bond donors (Lipinski definition) is 2. The third-order valence-electron chi connectivity index (χ3n) is 4.11. The molecule has 0 aliphatic heterocycles. The molecule has 0 aromatic heterocycles. The Morgan fingerprint density at radius 2 is 1.79 bits per heavy atom. The highest BCUT2D eigenvalue weighted by atomic mass is 16.1. The van der Waals surface area contributed by atoms with Crippen molar-refractivity contribution in [1.82, 2.24) is 0 Å². The first-order valence-corrected chi connectivity index (χ1v) is 5.73. The Morgan fingerprint density at radius 1 is 1.07 bits per heavy atom. The predicted molar refractivity (Wildman–Crippen MR) is 55.3 cm³/mol. The topological polar surface area (TPSA) is 69.1 Å². The molecule has 2 fully saturated rings. The van der Waals surface area contributed by atoms with Gasteiger partial charge >= 0.3 is 0 Å². The Bertz CT molecular complexity index is 229. The van der Waals surface area contributed by atoms with Crippen LogP contribution in [0, 0.1) is 17.8 Å². The van der Waals surface area contributed by atoms with Crippen molar-refractivity contribution in [3.05, 3.63) is 0 Å². The van der Waals surface area contributed by atoms with E-state index in [2.05, 4.69) is 0 Å². The van der Waals surface area contributed by atoms with Gasteiger partial charge in [-0.3, -0.25) is 4.79 Å². The van der Waals surface area contributed by atoms with E-state index >= 15 is 0 Å². The summed E-state index contributed by atoms with van der Waals surface area (Å²) in [4.78, 5) is 11.2. The number of rotatable bonds is 1. The summed E-state index contributed by atoms with van der Waals surface area (Å²) in [5.74, 6) is 1.24. The molecule has 4 atom stereocenters. The maximum absolute atomic E-state index is 11.2. The first-order chi connectivity index (χ1) is 6.68. The zero-order valence-corrected chi connectivity index (χ0v) is 8.61. The predicted octanol–water partition coefficient (Wildman–Crippen LogP) is 1.02. The van der Waals surface area contributed by atoms with Crippen LogP contribution in [0.3, 0.4) is 0 Å². The maximum Gasteiger partial charge on any atom is 0.220 e. The fraction of sp³-hybridized carbons (Fsp3) is 0.909. The van der Waals surface area contributed by atoms with E-state index in [0.717, 1.165) is 19.3 Å². The van der Waals surface area contributed by atoms with E-state index in [9.17, 15) is 4.79 Å². The molecule has 14 heavy (non-hydrogen) atoms. The summed E-state index contributed by atoms with van der Waals surface area (Å²) in [6, 6.07) is 0.331. The van der Waals surface area contributed by atoms with E-state index < -0.39 is 0 Å². The molecule has 2 bridgehead atoms. The molecule has 0 spiro atoms. The Kier molecular flexibility index (Phi) is 2.77. The fourth-order valence-corrected chi connectivity index (χ4v) is 3.18. The van der Waals surface area contributed by atoms with E-state index in [4.69, 9.17) is 11.5 Å². The second-order valence-corrected chi connectivity index (χ2v) is 4.94. The molecule has 0 aromatic carbocycles. The standard InChI is InChI=1S/C11H20N2O/c12-10-7-2-1-3-9(11(13)14)6-8(10)5-4-7/h7-10H,1-6,12H2,(H2,13,14)/t7?,8?,9-,10+/m1/s1. The minimum Gasteiger partial charge on any atom is -0.369 e. The van der Waals surface area contributed by atoms with Gasteiger partial charge in [-0.25, -0.2) is 0 Å². The molecule has 2 rings (SSSR count). The third-order valence-corrected chi connectivity index (χ3v) is 4.11. The van der Waals surface area contributed by atoms with Crippen LogP contribution in [0.4, 0.5) is 0 Å². The molecule has 0 radical (unpaired) electrons. The fourth-order valence-electron chi connectivity index (χ4n) is 3.18. The van der Waals surface area contributed by atoms with Gasteiger partial charge in [0.25, 0.3) is 0 Å². The van der Waals surface area contributed by atoms with Crippen LogP contribution in [-0.2, 0) is 4.79 Å². The zero-order chi connectivity index (χ0) is 10.1. The van der Waals surface area contributed by atoms with Crippen molar-refractivity contribution in [2.24, 2.45) is 29.2 Å². The quantitative estimate of drug-likeness (QED) is 0.657. The average molecular weight is 196 g/mol. The lowest BCUT2D eigenvalue weighted by Crippen LogP contribution is -2.36. The minimum absolute atomic E-state index is 0.0881. The van der Waals surface area contributed by atoms with Gasteiger partial charge in [-0.05, 0) is 43.9 Å². The normalized spacial score (nSPS) is 42.9. The van der Waals surface area contributed by atoms with Crippen LogP contribution in [0.25, 0.3) is 0 Å². The minimum atomic E-state index is -0.123. The lowest BCUT2D eigenvalue weighted by molar-refractivity contribution is -0.122. The molecule has 0 aromatic rings. The summed E-state index contributed by atoms with van der Waals surface area (Å²) in [5, 5.41) is 0. The number of fused-ring (bicyclic) bond motifs is 2. The lowest BCUT2D eigenvalue weighted by Gasteiger charge is -2.27. The average Bonchev–Trinajstić information content (AvgIpc) is 2.51. The van der Waals surface area contributed by atoms with Crippen LogP contribution in [0.5, 0.6) is 0 Å². The van der Waals surface area contributed by atoms with Crippen LogP contribution < -0.4 is 11.5 Å². The monoisotopic (exact) mass is 196 g/mol. The van der Waals surface area contributed by atoms with Gasteiger partial charge in [0, 0.05) is 12.0 Å². The number of primary amides is 1. The van der Waals surface area contributed by atoms with Crippen molar-refractivity contribution in [3.63, 3.8) is 0 Å². The number of carbonyl (C=O) groups excluding carboxylic acids is 1. The summed E-state index contributed by atoms with van der Waals surface area (Å²) in [6.07, 6.45) is 6.70. The van der Waals surface area contributed by atoms with Crippen molar-refractivity contribution in [1.29, 1.82) is 0 Å². The van der Waals surface area contributed by atoms with Crippen molar-refractivity contribution in [2.75, 3.05) is 0 Å². The molecule has 3 nitrogen and oxygen atoms in total. The van der Waals surface area contributed by atoms with Crippen molar-refractivity contribution in [3.8, 4) is 0 Å². The third kappa shape index (κ3) is 1.78. The van der Waals surface area contributed by atoms with Gasteiger partial charge in [0.2, 0.25) is 5.91 Å². The highest BCUT2D eigenvalue weighted by molar-refractivity contribution is 5.76. The molecular weight excluding hydrogens is 176 g/mol. The molecule has 3 heteroatoms. The summed E-state index contributed by atoms with van der Waals surface area (Å²) in [5.41, 5.74) is 11.5. The van der Waals surface area contributed by atoms with E-state index in [1.54, 1.807) is 0 Å². The number of nitrogens with two attached hydrogens (primary N) is 2. The van der Waals surface area contributed by atoms with E-state index in [-0.39, 0.29) is 11.8 Å². The summed E-state index contributed by atoms with van der Waals surface area (Å²) in [7, 11) is 0. The molecule has 2 unspecified atom stereocenters. The van der Waals surface area contributed by atoms with Gasteiger partial charge in [0.05, 0.1) is 0 Å². The Hall–Kier alpha value is -0.570. The van der Waals surface area contributed by atoms with Gasteiger partial charge in [-0.1, -0.05) is 6.42 Å². The van der Waals surface area contributed by atoms with Crippen LogP contribution in [-0.4, -0.2) is 11.9 Å². The first kappa shape index (κ1) is 9.97. The zero-order valence-electron chi connectivity index (χ0n) is 8.61. The number of hydrogen-bond acceptors (Lipinski definition) is 2. The van der Waals surface area contributed by atoms with Crippen LogP contribution in [0.15, 0.2) is 0 Å². The molecule has 80 valence electrons. The van der Waals surface area contributed by atoms with Crippen molar-refractivity contribution < 1.29 is 4.79 Å². The van der Waals surface area contributed by atoms with E-state index in [0.29, 0.717) is 17.9 Å². The van der Waals surface area contributed by atoms with Gasteiger partial charge in [-0.15, -0.1) is 0 Å². The van der Waals surface area contributed by atoms with E-state index in [1.807, 2.05) is 0 Å². The SMILES string of the molecule is NC(=O)[C@@H]1CCCC2CCC(C1)[C@H]2N. The smallest absolute Gasteiger partial charge is 0.220 e. The number of amides is 1. The second kappa shape index (κ2) is 3.89. The van der Waals surface area contributed by atoms with Crippen LogP contribution in [0.1, 0.15) is 38.5 Å². The summed E-state index contributed by atoms with van der Waals surface area (Å²) >= 11 is 0. The van der Waals surface area contributed by atoms with Gasteiger partial charge in [-0.2, -0.15) is 0 Å². The molecule has 2 saturated carbocycles. The molecule has 2 aliphatic rings.